The Morgan fingerprint density at radius 3 is 2.45 bits per heavy atom. The van der Waals surface area contributed by atoms with Crippen LogP contribution in [0.5, 0.6) is 5.88 Å². The van der Waals surface area contributed by atoms with Crippen molar-refractivity contribution in [2.75, 3.05) is 0 Å². The van der Waals surface area contributed by atoms with Crippen molar-refractivity contribution in [2.24, 2.45) is 10.2 Å². The second-order valence-electron chi connectivity index (χ2n) is 6.87. The smallest absolute Gasteiger partial charge is 0.262 e. The number of aryl methyl sites for hydroxylation is 1. The van der Waals surface area contributed by atoms with Crippen LogP contribution in [-0.4, -0.2) is 19.2 Å². The molecule has 0 bridgehead atoms. The topological polar surface area (TPSA) is 84.8 Å². The van der Waals surface area contributed by atoms with E-state index in [-0.39, 0.29) is 17.4 Å². The fourth-order valence-electron chi connectivity index (χ4n) is 3.53. The van der Waals surface area contributed by atoms with E-state index in [1.165, 1.54) is 4.57 Å². The zero-order valence-electron chi connectivity index (χ0n) is 16.5. The van der Waals surface area contributed by atoms with Crippen LogP contribution in [0.15, 0.2) is 63.6 Å². The van der Waals surface area contributed by atoms with Crippen LogP contribution >= 0.6 is 0 Å². The van der Waals surface area contributed by atoms with Crippen molar-refractivity contribution in [3.63, 3.8) is 0 Å². The lowest BCUT2D eigenvalue weighted by Gasteiger charge is -2.07. The largest absolute Gasteiger partial charge is 0.493 e. The van der Waals surface area contributed by atoms with Crippen LogP contribution in [0.2, 0.25) is 0 Å². The highest BCUT2D eigenvalue weighted by Crippen LogP contribution is 2.39. The third-order valence-electron chi connectivity index (χ3n) is 5.05. The Morgan fingerprint density at radius 2 is 1.69 bits per heavy atom. The van der Waals surface area contributed by atoms with Crippen molar-refractivity contribution in [3.8, 4) is 5.88 Å². The van der Waals surface area contributed by atoms with E-state index in [9.17, 15) is 9.90 Å². The zero-order valence-corrected chi connectivity index (χ0v) is 16.5. The normalized spacial score (nSPS) is 11.8. The Labute approximate surface area is 168 Å². The summed E-state index contributed by atoms with van der Waals surface area (Å²) < 4.78 is 3.34. The van der Waals surface area contributed by atoms with Crippen LogP contribution in [0, 0.1) is 0 Å². The predicted molar refractivity (Wildman–Crippen MR) is 114 cm³/mol. The highest BCUT2D eigenvalue weighted by molar-refractivity contribution is 5.95. The third-order valence-corrected chi connectivity index (χ3v) is 5.05. The molecule has 29 heavy (non-hydrogen) atoms. The molecule has 0 fully saturated rings. The first kappa shape index (κ1) is 18.9. The highest BCUT2D eigenvalue weighted by atomic mass is 16.3. The van der Waals surface area contributed by atoms with Crippen LogP contribution in [0.4, 0.5) is 11.6 Å². The highest BCUT2D eigenvalue weighted by Gasteiger charge is 2.16. The maximum absolute atomic E-state index is 12.8. The summed E-state index contributed by atoms with van der Waals surface area (Å²) in [7, 11) is 0. The molecule has 1 N–H and O–H groups in total. The quantitative estimate of drug-likeness (QED) is 0.455. The fourth-order valence-corrected chi connectivity index (χ4v) is 3.53. The van der Waals surface area contributed by atoms with Gasteiger partial charge >= 0.3 is 0 Å². The molecule has 0 saturated heterocycles. The lowest BCUT2D eigenvalue weighted by atomic mass is 10.2. The molecule has 2 aromatic heterocycles. The first-order chi connectivity index (χ1) is 14.2. The van der Waals surface area contributed by atoms with Crippen molar-refractivity contribution in [1.29, 1.82) is 0 Å². The molecular formula is C22H23N5O2. The molecule has 0 saturated carbocycles. The van der Waals surface area contributed by atoms with Gasteiger partial charge in [0.15, 0.2) is 5.69 Å². The van der Waals surface area contributed by atoms with E-state index in [4.69, 9.17) is 0 Å². The summed E-state index contributed by atoms with van der Waals surface area (Å²) in [6.45, 7) is 5.10. The van der Waals surface area contributed by atoms with Gasteiger partial charge in [0.1, 0.15) is 0 Å². The average Bonchev–Trinajstić information content (AvgIpc) is 3.01. The summed E-state index contributed by atoms with van der Waals surface area (Å²) in [5.41, 5.74) is 1.72. The molecule has 0 aliphatic carbocycles. The molecule has 4 aromatic rings. The Balaban J connectivity index is 1.86. The standard InChI is InChI=1S/C22H23N5O2/c1-3-5-14-27-18-13-9-7-11-16(18)19(21(27)29)24-25-22-23-17-12-8-6-10-15(17)20(28)26(22)4-2/h6-13,29H,3-5,14H2,1-2H3. The van der Waals surface area contributed by atoms with Crippen LogP contribution < -0.4 is 5.56 Å². The van der Waals surface area contributed by atoms with Crippen LogP contribution in [0.3, 0.4) is 0 Å². The number of para-hydroxylation sites is 2. The van der Waals surface area contributed by atoms with Gasteiger partial charge in [-0.05, 0) is 31.5 Å². The summed E-state index contributed by atoms with van der Waals surface area (Å²) in [6, 6.07) is 14.9. The van der Waals surface area contributed by atoms with Gasteiger partial charge in [-0.25, -0.2) is 4.98 Å². The number of hydrogen-bond donors (Lipinski definition) is 1. The van der Waals surface area contributed by atoms with Gasteiger partial charge in [0.25, 0.3) is 11.5 Å². The van der Waals surface area contributed by atoms with Crippen molar-refractivity contribution < 1.29 is 5.11 Å². The van der Waals surface area contributed by atoms with Gasteiger partial charge in [-0.3, -0.25) is 9.36 Å². The van der Waals surface area contributed by atoms with E-state index in [2.05, 4.69) is 22.1 Å². The van der Waals surface area contributed by atoms with E-state index in [0.717, 1.165) is 23.7 Å². The second kappa shape index (κ2) is 7.87. The molecule has 0 amide bonds. The third kappa shape index (κ3) is 3.29. The number of aromatic hydroxyl groups is 1. The SMILES string of the molecule is CCCCn1c(O)c(N=Nc2nc3ccccc3c(=O)n2CC)c2ccccc21. The lowest BCUT2D eigenvalue weighted by molar-refractivity contribution is 0.418. The Hall–Kier alpha value is -3.48. The van der Waals surface area contributed by atoms with Gasteiger partial charge in [0.05, 0.1) is 16.4 Å². The minimum Gasteiger partial charge on any atom is -0.493 e. The summed E-state index contributed by atoms with van der Waals surface area (Å²) in [6.07, 6.45) is 1.97. The molecule has 0 spiro atoms. The molecular weight excluding hydrogens is 366 g/mol. The summed E-state index contributed by atoms with van der Waals surface area (Å²) >= 11 is 0. The van der Waals surface area contributed by atoms with Crippen LogP contribution in [0.25, 0.3) is 21.8 Å². The molecule has 0 radical (unpaired) electrons. The van der Waals surface area contributed by atoms with E-state index < -0.39 is 0 Å². The summed E-state index contributed by atoms with van der Waals surface area (Å²) in [5.74, 6) is 0.301. The summed E-state index contributed by atoms with van der Waals surface area (Å²) in [5, 5.41) is 20.7. The minimum absolute atomic E-state index is 0.0783. The zero-order chi connectivity index (χ0) is 20.4. The maximum Gasteiger partial charge on any atom is 0.262 e. The number of azo groups is 1. The van der Waals surface area contributed by atoms with Gasteiger partial charge in [-0.15, -0.1) is 10.2 Å². The Bertz CT molecular complexity index is 1270. The van der Waals surface area contributed by atoms with Crippen molar-refractivity contribution in [1.82, 2.24) is 14.1 Å². The molecule has 2 aromatic carbocycles. The molecule has 0 atom stereocenters. The van der Waals surface area contributed by atoms with E-state index in [0.29, 0.717) is 29.7 Å². The van der Waals surface area contributed by atoms with Gasteiger partial charge in [0, 0.05) is 18.5 Å². The minimum atomic E-state index is -0.151. The first-order valence-corrected chi connectivity index (χ1v) is 9.87. The number of fused-ring (bicyclic) bond motifs is 2. The molecule has 4 rings (SSSR count). The summed E-state index contributed by atoms with van der Waals surface area (Å²) in [4.78, 5) is 17.3. The molecule has 7 nitrogen and oxygen atoms in total. The van der Waals surface area contributed by atoms with Crippen LogP contribution in [-0.2, 0) is 13.1 Å². The molecule has 0 unspecified atom stereocenters. The van der Waals surface area contributed by atoms with Crippen molar-refractivity contribution >= 4 is 33.4 Å². The first-order valence-electron chi connectivity index (χ1n) is 9.87. The van der Waals surface area contributed by atoms with E-state index >= 15 is 0 Å². The van der Waals surface area contributed by atoms with E-state index in [1.807, 2.05) is 47.9 Å². The van der Waals surface area contributed by atoms with Crippen molar-refractivity contribution in [3.05, 3.63) is 58.9 Å². The monoisotopic (exact) mass is 389 g/mol. The second-order valence-corrected chi connectivity index (χ2v) is 6.87. The lowest BCUT2D eigenvalue weighted by Crippen LogP contribution is -2.20. The Morgan fingerprint density at radius 1 is 0.966 bits per heavy atom. The molecule has 0 aliphatic heterocycles. The molecule has 7 heteroatoms. The predicted octanol–water partition coefficient (Wildman–Crippen LogP) is 5.29. The number of rotatable bonds is 6. The van der Waals surface area contributed by atoms with Crippen molar-refractivity contribution in [2.45, 2.75) is 39.8 Å². The number of benzene rings is 2. The van der Waals surface area contributed by atoms with Gasteiger partial charge in [0.2, 0.25) is 5.88 Å². The molecule has 2 heterocycles. The fraction of sp³-hybridized carbons (Fsp3) is 0.273. The number of aromatic nitrogens is 3. The number of unbranched alkanes of at least 4 members (excludes halogenated alkanes) is 1. The average molecular weight is 389 g/mol. The maximum atomic E-state index is 12.8. The number of nitrogens with zero attached hydrogens (tertiary/aromatic N) is 5. The Kier molecular flexibility index (Phi) is 5.12. The molecule has 0 aliphatic rings. The number of hydrogen-bond acceptors (Lipinski definition) is 5. The van der Waals surface area contributed by atoms with Gasteiger partial charge < -0.3 is 9.67 Å². The van der Waals surface area contributed by atoms with Gasteiger partial charge in [-0.1, -0.05) is 43.7 Å². The van der Waals surface area contributed by atoms with Gasteiger partial charge in [-0.2, -0.15) is 0 Å². The van der Waals surface area contributed by atoms with Crippen LogP contribution in [0.1, 0.15) is 26.7 Å². The molecule has 148 valence electrons. The van der Waals surface area contributed by atoms with E-state index in [1.54, 1.807) is 12.1 Å².